The van der Waals surface area contributed by atoms with E-state index in [0.717, 1.165) is 21.3 Å². The van der Waals surface area contributed by atoms with Crippen LogP contribution in [0.5, 0.6) is 0 Å². The summed E-state index contributed by atoms with van der Waals surface area (Å²) in [7, 11) is 0. The molecule has 0 saturated carbocycles. The summed E-state index contributed by atoms with van der Waals surface area (Å²) in [6.45, 7) is 0. The number of hydrogen-bond donors (Lipinski definition) is 0. The van der Waals surface area contributed by atoms with Gasteiger partial charge in [-0.3, -0.25) is 4.98 Å². The van der Waals surface area contributed by atoms with Crippen LogP contribution in [-0.4, -0.2) is 11.0 Å². The van der Waals surface area contributed by atoms with Crippen molar-refractivity contribution in [1.82, 2.24) is 4.98 Å². The minimum atomic E-state index is -0.529. The van der Waals surface area contributed by atoms with Crippen LogP contribution in [0.15, 0.2) is 84.4 Å². The van der Waals surface area contributed by atoms with Gasteiger partial charge < -0.3 is 4.74 Å². The van der Waals surface area contributed by atoms with E-state index in [1.807, 2.05) is 66.0 Å². The Hall–Kier alpha value is -2.98. The van der Waals surface area contributed by atoms with E-state index in [2.05, 4.69) is 4.98 Å². The minimum absolute atomic E-state index is 0.353. The maximum Gasteiger partial charge on any atom is 0.339 e. The molecule has 0 amide bonds. The molecule has 25 heavy (non-hydrogen) atoms. The van der Waals surface area contributed by atoms with E-state index in [4.69, 9.17) is 4.74 Å². The van der Waals surface area contributed by atoms with Crippen molar-refractivity contribution < 1.29 is 9.53 Å². The molecule has 2 aromatic heterocycles. The first-order chi connectivity index (χ1) is 12.3. The van der Waals surface area contributed by atoms with Gasteiger partial charge in [0.05, 0.1) is 16.1 Å². The molecule has 0 bridgehead atoms. The predicted octanol–water partition coefficient (Wildman–Crippen LogP) is 5.24. The monoisotopic (exact) mass is 345 g/mol. The third-order valence-corrected chi connectivity index (χ3v) is 4.90. The van der Waals surface area contributed by atoms with Crippen LogP contribution in [0.2, 0.25) is 0 Å². The zero-order valence-corrected chi connectivity index (χ0v) is 14.1. The second-order valence-corrected chi connectivity index (χ2v) is 6.56. The van der Waals surface area contributed by atoms with Crippen molar-refractivity contribution in [3.8, 4) is 0 Å². The van der Waals surface area contributed by atoms with Crippen molar-refractivity contribution in [2.24, 2.45) is 0 Å². The van der Waals surface area contributed by atoms with Crippen LogP contribution < -0.4 is 0 Å². The molecule has 1 atom stereocenters. The van der Waals surface area contributed by atoms with Crippen molar-refractivity contribution in [3.63, 3.8) is 0 Å². The molecule has 2 aromatic carbocycles. The lowest BCUT2D eigenvalue weighted by Crippen LogP contribution is -2.13. The van der Waals surface area contributed by atoms with Gasteiger partial charge in [-0.05, 0) is 35.0 Å². The molecule has 3 nitrogen and oxygen atoms in total. The van der Waals surface area contributed by atoms with Gasteiger partial charge in [0.25, 0.3) is 0 Å². The highest BCUT2D eigenvalue weighted by atomic mass is 32.1. The van der Waals surface area contributed by atoms with Crippen LogP contribution in [0.1, 0.15) is 27.0 Å². The highest BCUT2D eigenvalue weighted by Crippen LogP contribution is 2.33. The molecule has 0 saturated heterocycles. The van der Waals surface area contributed by atoms with Gasteiger partial charge in [-0.2, -0.15) is 0 Å². The fourth-order valence-corrected chi connectivity index (χ4v) is 3.55. The third kappa shape index (κ3) is 3.16. The lowest BCUT2D eigenvalue weighted by atomic mass is 10.1. The van der Waals surface area contributed by atoms with Gasteiger partial charge in [-0.1, -0.05) is 48.5 Å². The summed E-state index contributed by atoms with van der Waals surface area (Å²) in [5.74, 6) is -0.353. The Bertz CT molecular complexity index is 992. The van der Waals surface area contributed by atoms with Gasteiger partial charge in [0, 0.05) is 11.6 Å². The number of ether oxygens (including phenoxy) is 1. The maximum atomic E-state index is 12.6. The maximum absolute atomic E-state index is 12.6. The fourth-order valence-electron chi connectivity index (χ4n) is 2.79. The lowest BCUT2D eigenvalue weighted by molar-refractivity contribution is 0.0379. The average molecular weight is 345 g/mol. The molecule has 122 valence electrons. The molecule has 0 fully saturated rings. The van der Waals surface area contributed by atoms with Gasteiger partial charge >= 0.3 is 5.97 Å². The van der Waals surface area contributed by atoms with Gasteiger partial charge in [-0.15, -0.1) is 11.3 Å². The van der Waals surface area contributed by atoms with Gasteiger partial charge in [0.2, 0.25) is 0 Å². The summed E-state index contributed by atoms with van der Waals surface area (Å²) in [6.07, 6.45) is 1.23. The summed E-state index contributed by atoms with van der Waals surface area (Å²) in [5, 5.41) is 4.04. The molecule has 0 radical (unpaired) electrons. The molecule has 4 aromatic rings. The Morgan fingerprint density at radius 3 is 2.52 bits per heavy atom. The van der Waals surface area contributed by atoms with Gasteiger partial charge in [-0.25, -0.2) is 4.79 Å². The molecule has 0 spiro atoms. The fraction of sp³-hybridized carbons (Fsp3) is 0.0476. The van der Waals surface area contributed by atoms with E-state index in [-0.39, 0.29) is 5.97 Å². The largest absolute Gasteiger partial charge is 0.446 e. The Morgan fingerprint density at radius 2 is 1.72 bits per heavy atom. The van der Waals surface area contributed by atoms with Crippen LogP contribution in [0.4, 0.5) is 0 Å². The Balaban J connectivity index is 1.78. The highest BCUT2D eigenvalue weighted by molar-refractivity contribution is 7.10. The molecule has 0 N–H and O–H groups in total. The molecule has 0 aliphatic carbocycles. The number of pyridine rings is 1. The van der Waals surface area contributed by atoms with Crippen LogP contribution in [0.25, 0.3) is 10.8 Å². The molecule has 4 heteroatoms. The Kier molecular flexibility index (Phi) is 4.27. The Morgan fingerprint density at radius 1 is 0.920 bits per heavy atom. The second kappa shape index (κ2) is 6.87. The Labute approximate surface area is 149 Å². The predicted molar refractivity (Wildman–Crippen MR) is 99.8 cm³/mol. The molecule has 4 rings (SSSR count). The first-order valence-electron chi connectivity index (χ1n) is 7.96. The summed E-state index contributed by atoms with van der Waals surface area (Å²) >= 11 is 1.55. The summed E-state index contributed by atoms with van der Waals surface area (Å²) < 4.78 is 5.88. The molecular weight excluding hydrogens is 330 g/mol. The second-order valence-electron chi connectivity index (χ2n) is 5.58. The number of rotatable bonds is 4. The van der Waals surface area contributed by atoms with E-state index < -0.39 is 6.10 Å². The average Bonchev–Trinajstić information content (AvgIpc) is 3.21. The normalized spacial score (nSPS) is 12.0. The number of carbonyl (C=O) groups is 1. The summed E-state index contributed by atoms with van der Waals surface area (Å²) in [5.41, 5.74) is 1.29. The number of hydrogen-bond acceptors (Lipinski definition) is 4. The quantitative estimate of drug-likeness (QED) is 0.475. The van der Waals surface area contributed by atoms with E-state index in [1.165, 1.54) is 0 Å². The number of aromatic nitrogens is 1. The number of thiophene rings is 1. The van der Waals surface area contributed by atoms with Crippen molar-refractivity contribution in [2.75, 3.05) is 0 Å². The number of carbonyl (C=O) groups excluding carboxylic acids is 1. The van der Waals surface area contributed by atoms with Crippen molar-refractivity contribution in [1.29, 1.82) is 0 Å². The van der Waals surface area contributed by atoms with Crippen molar-refractivity contribution in [3.05, 3.63) is 101 Å². The smallest absolute Gasteiger partial charge is 0.339 e. The third-order valence-electron chi connectivity index (χ3n) is 3.99. The highest BCUT2D eigenvalue weighted by Gasteiger charge is 2.24. The molecular formula is C21H15NO2S. The standard InChI is InChI=1S/C21H15NO2S/c23-21(16-8-2-1-3-9-16)24-20(18-11-6-14-25-18)19-17-10-5-4-7-15(17)12-13-22-19/h1-14,20H/t20-/m0/s1. The number of benzene rings is 2. The SMILES string of the molecule is O=C(O[C@@H](c1cccs1)c1nccc2ccccc12)c1ccccc1. The molecule has 2 heterocycles. The van der Waals surface area contributed by atoms with E-state index >= 15 is 0 Å². The number of nitrogens with zero attached hydrogens (tertiary/aromatic N) is 1. The zero-order valence-electron chi connectivity index (χ0n) is 13.3. The van der Waals surface area contributed by atoms with E-state index in [9.17, 15) is 4.79 Å². The summed E-state index contributed by atoms with van der Waals surface area (Å²) in [6, 6.07) is 22.9. The molecule has 0 aliphatic heterocycles. The van der Waals surface area contributed by atoms with Crippen LogP contribution >= 0.6 is 11.3 Å². The summed E-state index contributed by atoms with van der Waals surface area (Å²) in [4.78, 5) is 18.1. The van der Waals surface area contributed by atoms with Gasteiger partial charge in [0.15, 0.2) is 6.10 Å². The first-order valence-corrected chi connectivity index (χ1v) is 8.84. The molecule has 0 unspecified atom stereocenters. The topological polar surface area (TPSA) is 39.2 Å². The van der Waals surface area contributed by atoms with Crippen LogP contribution in [0, 0.1) is 0 Å². The van der Waals surface area contributed by atoms with Gasteiger partial charge in [0.1, 0.15) is 0 Å². The lowest BCUT2D eigenvalue weighted by Gasteiger charge is -2.18. The van der Waals surface area contributed by atoms with E-state index in [1.54, 1.807) is 29.7 Å². The van der Waals surface area contributed by atoms with Crippen LogP contribution in [-0.2, 0) is 4.74 Å². The number of esters is 1. The zero-order chi connectivity index (χ0) is 17.1. The van der Waals surface area contributed by atoms with Crippen molar-refractivity contribution >= 4 is 28.1 Å². The number of fused-ring (bicyclic) bond motifs is 1. The van der Waals surface area contributed by atoms with Crippen molar-refractivity contribution in [2.45, 2.75) is 6.10 Å². The molecule has 0 aliphatic rings. The minimum Gasteiger partial charge on any atom is -0.446 e. The van der Waals surface area contributed by atoms with Crippen LogP contribution in [0.3, 0.4) is 0 Å². The van der Waals surface area contributed by atoms with E-state index in [0.29, 0.717) is 5.56 Å². The first kappa shape index (κ1) is 15.5.